The Morgan fingerprint density at radius 3 is 2.56 bits per heavy atom. The summed E-state index contributed by atoms with van der Waals surface area (Å²) < 4.78 is 5.53. The molecule has 0 unspecified atom stereocenters. The number of ether oxygens (including phenoxy) is 1. The molecule has 0 N–H and O–H groups in total. The Labute approximate surface area is 114 Å². The van der Waals surface area contributed by atoms with Crippen molar-refractivity contribution in [2.24, 2.45) is 0 Å². The molecule has 0 heterocycles. The van der Waals surface area contributed by atoms with Gasteiger partial charge in [0.15, 0.2) is 0 Å². The van der Waals surface area contributed by atoms with Gasteiger partial charge >= 0.3 is 0 Å². The predicted molar refractivity (Wildman–Crippen MR) is 83.5 cm³/mol. The Morgan fingerprint density at radius 2 is 1.89 bits per heavy atom. The number of hydrogen-bond acceptors (Lipinski definition) is 1. The van der Waals surface area contributed by atoms with Crippen molar-refractivity contribution in [3.8, 4) is 0 Å². The van der Waals surface area contributed by atoms with Gasteiger partial charge in [-0.2, -0.15) is 0 Å². The van der Waals surface area contributed by atoms with Crippen LogP contribution < -0.4 is 5.19 Å². The van der Waals surface area contributed by atoms with Crippen LogP contribution >= 0.6 is 0 Å². The molecule has 2 heteroatoms. The van der Waals surface area contributed by atoms with Crippen molar-refractivity contribution in [2.45, 2.75) is 52.2 Å². The third-order valence-corrected chi connectivity index (χ3v) is 7.34. The highest BCUT2D eigenvalue weighted by Crippen LogP contribution is 2.11. The Kier molecular flexibility index (Phi) is 6.65. The summed E-state index contributed by atoms with van der Waals surface area (Å²) in [4.78, 5) is 0. The number of benzene rings is 1. The Balaban J connectivity index is 2.50. The van der Waals surface area contributed by atoms with Gasteiger partial charge in [0, 0.05) is 13.2 Å². The van der Waals surface area contributed by atoms with Gasteiger partial charge in [0.05, 0.1) is 8.07 Å². The summed E-state index contributed by atoms with van der Waals surface area (Å²) in [6.45, 7) is 11.2. The molecule has 1 nitrogen and oxygen atoms in total. The molecule has 0 fully saturated rings. The summed E-state index contributed by atoms with van der Waals surface area (Å²) in [5.74, 6) is 0. The highest BCUT2D eigenvalue weighted by molar-refractivity contribution is 6.89. The van der Waals surface area contributed by atoms with Gasteiger partial charge in [-0.15, -0.1) is 0 Å². The molecule has 0 aliphatic heterocycles. The smallest absolute Gasteiger partial charge is 0.0803 e. The van der Waals surface area contributed by atoms with E-state index in [9.17, 15) is 0 Å². The molecule has 1 aromatic rings. The molecule has 0 amide bonds. The Bertz CT molecular complexity index is 347. The lowest BCUT2D eigenvalue weighted by molar-refractivity contribution is 0.132. The largest absolute Gasteiger partial charge is 0.381 e. The van der Waals surface area contributed by atoms with Gasteiger partial charge in [0.25, 0.3) is 0 Å². The molecule has 0 radical (unpaired) electrons. The first-order chi connectivity index (χ1) is 8.60. The summed E-state index contributed by atoms with van der Waals surface area (Å²) in [6.07, 6.45) is 3.40. The maximum Gasteiger partial charge on any atom is 0.0803 e. The van der Waals surface area contributed by atoms with Crippen molar-refractivity contribution in [2.75, 3.05) is 13.2 Å². The topological polar surface area (TPSA) is 9.23 Å². The minimum Gasteiger partial charge on any atom is -0.381 e. The summed E-state index contributed by atoms with van der Waals surface area (Å²) in [6, 6.07) is 10.5. The third kappa shape index (κ3) is 4.95. The van der Waals surface area contributed by atoms with Crippen LogP contribution in [0.15, 0.2) is 24.3 Å². The number of aryl methyl sites for hydroxylation is 1. The van der Waals surface area contributed by atoms with Crippen molar-refractivity contribution in [3.05, 3.63) is 29.8 Å². The SMILES string of the molecule is CCCOCCCc1cccc([Si](C)(C)CC)c1. The first kappa shape index (κ1) is 15.5. The molecule has 1 aromatic carbocycles. The van der Waals surface area contributed by atoms with Crippen molar-refractivity contribution < 1.29 is 4.74 Å². The van der Waals surface area contributed by atoms with Crippen LogP contribution in [0.1, 0.15) is 32.3 Å². The highest BCUT2D eigenvalue weighted by Gasteiger charge is 2.20. The van der Waals surface area contributed by atoms with Gasteiger partial charge in [-0.25, -0.2) is 0 Å². The van der Waals surface area contributed by atoms with Crippen molar-refractivity contribution in [1.29, 1.82) is 0 Å². The van der Waals surface area contributed by atoms with Crippen LogP contribution in [0, 0.1) is 0 Å². The van der Waals surface area contributed by atoms with Gasteiger partial charge in [-0.3, -0.25) is 0 Å². The van der Waals surface area contributed by atoms with Crippen LogP contribution in [0.5, 0.6) is 0 Å². The predicted octanol–water partition coefficient (Wildman–Crippen LogP) is 3.98. The lowest BCUT2D eigenvalue weighted by Crippen LogP contribution is -2.40. The summed E-state index contributed by atoms with van der Waals surface area (Å²) in [5, 5.41) is 1.59. The molecule has 0 aromatic heterocycles. The standard InChI is InChI=1S/C16H28OSi/c1-5-12-17-13-8-10-15-9-7-11-16(14-15)18(3,4)6-2/h7,9,11,14H,5-6,8,10,12-13H2,1-4H3. The summed E-state index contributed by atoms with van der Waals surface area (Å²) in [7, 11) is -1.18. The fourth-order valence-corrected chi connectivity index (χ4v) is 3.51. The average molecular weight is 264 g/mol. The monoisotopic (exact) mass is 264 g/mol. The molecule has 0 saturated carbocycles. The average Bonchev–Trinajstić information content (AvgIpc) is 2.39. The normalized spacial score (nSPS) is 11.8. The van der Waals surface area contributed by atoms with Crippen molar-refractivity contribution >= 4 is 13.3 Å². The fraction of sp³-hybridized carbons (Fsp3) is 0.625. The summed E-state index contributed by atoms with van der Waals surface area (Å²) >= 11 is 0. The molecule has 0 saturated heterocycles. The molecule has 0 aliphatic carbocycles. The van der Waals surface area contributed by atoms with Crippen LogP contribution in [0.4, 0.5) is 0 Å². The van der Waals surface area contributed by atoms with E-state index in [2.05, 4.69) is 51.2 Å². The van der Waals surface area contributed by atoms with E-state index < -0.39 is 8.07 Å². The quantitative estimate of drug-likeness (QED) is 0.510. The molecule has 102 valence electrons. The fourth-order valence-electron chi connectivity index (χ4n) is 1.98. The van der Waals surface area contributed by atoms with E-state index in [0.29, 0.717) is 0 Å². The second kappa shape index (κ2) is 7.75. The van der Waals surface area contributed by atoms with Crippen LogP contribution in [0.25, 0.3) is 0 Å². The zero-order chi connectivity index (χ0) is 13.4. The van der Waals surface area contributed by atoms with E-state index >= 15 is 0 Å². The van der Waals surface area contributed by atoms with Crippen LogP contribution in [0.2, 0.25) is 19.1 Å². The van der Waals surface area contributed by atoms with Crippen LogP contribution in [-0.4, -0.2) is 21.3 Å². The van der Waals surface area contributed by atoms with Crippen molar-refractivity contribution in [1.82, 2.24) is 0 Å². The van der Waals surface area contributed by atoms with Gasteiger partial charge in [0.1, 0.15) is 0 Å². The number of hydrogen-bond donors (Lipinski definition) is 0. The van der Waals surface area contributed by atoms with Crippen LogP contribution in [0.3, 0.4) is 0 Å². The number of rotatable bonds is 8. The molecule has 0 atom stereocenters. The van der Waals surface area contributed by atoms with E-state index in [1.165, 1.54) is 11.6 Å². The lowest BCUT2D eigenvalue weighted by Gasteiger charge is -2.21. The zero-order valence-corrected chi connectivity index (χ0v) is 13.5. The molecular formula is C16H28OSi. The molecule has 1 rings (SSSR count). The van der Waals surface area contributed by atoms with E-state index in [4.69, 9.17) is 4.74 Å². The second-order valence-electron chi connectivity index (χ2n) is 5.65. The third-order valence-electron chi connectivity index (χ3n) is 3.69. The molecule has 0 aliphatic rings. The van der Waals surface area contributed by atoms with Crippen LogP contribution in [-0.2, 0) is 11.2 Å². The van der Waals surface area contributed by atoms with Gasteiger partial charge in [-0.1, -0.05) is 62.4 Å². The maximum atomic E-state index is 5.53. The van der Waals surface area contributed by atoms with E-state index in [1.54, 1.807) is 5.19 Å². The van der Waals surface area contributed by atoms with Gasteiger partial charge in [-0.05, 0) is 24.8 Å². The minimum atomic E-state index is -1.18. The Hall–Kier alpha value is -0.603. The lowest BCUT2D eigenvalue weighted by atomic mass is 10.1. The second-order valence-corrected chi connectivity index (χ2v) is 10.7. The van der Waals surface area contributed by atoms with E-state index in [1.807, 2.05) is 0 Å². The van der Waals surface area contributed by atoms with Crippen molar-refractivity contribution in [3.63, 3.8) is 0 Å². The van der Waals surface area contributed by atoms with E-state index in [0.717, 1.165) is 32.5 Å². The van der Waals surface area contributed by atoms with Gasteiger partial charge < -0.3 is 4.74 Å². The molecule has 0 spiro atoms. The van der Waals surface area contributed by atoms with Gasteiger partial charge in [0.2, 0.25) is 0 Å². The maximum absolute atomic E-state index is 5.53. The first-order valence-electron chi connectivity index (χ1n) is 7.27. The summed E-state index contributed by atoms with van der Waals surface area (Å²) in [5.41, 5.74) is 1.47. The Morgan fingerprint density at radius 1 is 1.11 bits per heavy atom. The molecular weight excluding hydrogens is 236 g/mol. The minimum absolute atomic E-state index is 0.896. The molecule has 18 heavy (non-hydrogen) atoms. The molecule has 0 bridgehead atoms. The first-order valence-corrected chi connectivity index (χ1v) is 10.5. The van der Waals surface area contributed by atoms with E-state index in [-0.39, 0.29) is 0 Å². The zero-order valence-electron chi connectivity index (χ0n) is 12.5. The highest BCUT2D eigenvalue weighted by atomic mass is 28.3.